The fourth-order valence-corrected chi connectivity index (χ4v) is 2.13. The Balaban J connectivity index is 0.00000264. The second-order valence-corrected chi connectivity index (χ2v) is 5.38. The van der Waals surface area contributed by atoms with Gasteiger partial charge in [0.05, 0.1) is 10.7 Å². The Morgan fingerprint density at radius 3 is 2.70 bits per heavy atom. The molecular weight excluding hydrogens is 337 g/mol. The molecule has 0 saturated heterocycles. The third-order valence-electron chi connectivity index (χ3n) is 3.34. The van der Waals surface area contributed by atoms with Crippen LogP contribution in [0.15, 0.2) is 24.3 Å². The summed E-state index contributed by atoms with van der Waals surface area (Å²) in [5.41, 5.74) is 0.719. The maximum absolute atomic E-state index is 12.2. The molecule has 0 aliphatic rings. The monoisotopic (exact) mass is 357 g/mol. The number of amides is 1. The van der Waals surface area contributed by atoms with Crippen LogP contribution < -0.4 is 10.6 Å². The van der Waals surface area contributed by atoms with Gasteiger partial charge in [-0.3, -0.25) is 4.79 Å². The maximum Gasteiger partial charge on any atom is 0.291 e. The highest BCUT2D eigenvalue weighted by Gasteiger charge is 2.17. The van der Waals surface area contributed by atoms with Crippen LogP contribution in [0.2, 0.25) is 5.02 Å². The number of aromatic nitrogens is 3. The van der Waals surface area contributed by atoms with Crippen LogP contribution in [0.3, 0.4) is 0 Å². The van der Waals surface area contributed by atoms with Crippen LogP contribution in [0.25, 0.3) is 5.69 Å². The summed E-state index contributed by atoms with van der Waals surface area (Å²) in [6.07, 6.45) is 0.651. The number of nitrogens with one attached hydrogen (secondary N) is 2. The fraction of sp³-hybridized carbons (Fsp3) is 0.400. The summed E-state index contributed by atoms with van der Waals surface area (Å²) in [7, 11) is 1.84. The Hall–Kier alpha value is -1.63. The molecular formula is C15H21Cl2N5O. The Morgan fingerprint density at radius 2 is 2.09 bits per heavy atom. The van der Waals surface area contributed by atoms with Crippen molar-refractivity contribution in [2.75, 3.05) is 13.6 Å². The van der Waals surface area contributed by atoms with E-state index in [4.69, 9.17) is 11.6 Å². The summed E-state index contributed by atoms with van der Waals surface area (Å²) in [5, 5.41) is 10.7. The molecule has 0 radical (unpaired) electrons. The van der Waals surface area contributed by atoms with E-state index >= 15 is 0 Å². The molecule has 1 unspecified atom stereocenters. The van der Waals surface area contributed by atoms with Crippen LogP contribution in [0.1, 0.15) is 30.3 Å². The summed E-state index contributed by atoms with van der Waals surface area (Å²) in [4.78, 5) is 16.5. The molecule has 1 aromatic heterocycles. The third-order valence-corrected chi connectivity index (χ3v) is 3.66. The minimum absolute atomic E-state index is 0. The van der Waals surface area contributed by atoms with Crippen molar-refractivity contribution in [3.8, 4) is 5.69 Å². The summed E-state index contributed by atoms with van der Waals surface area (Å²) in [5.74, 6) is 0.558. The second kappa shape index (κ2) is 8.86. The highest BCUT2D eigenvalue weighted by Crippen LogP contribution is 2.20. The maximum atomic E-state index is 12.2. The quantitative estimate of drug-likeness (QED) is 0.831. The minimum atomic E-state index is -0.289. The van der Waals surface area contributed by atoms with Gasteiger partial charge in [-0.15, -0.1) is 17.5 Å². The number of hydrogen-bond donors (Lipinski definition) is 2. The average Bonchev–Trinajstić information content (AvgIpc) is 2.96. The van der Waals surface area contributed by atoms with E-state index in [0.29, 0.717) is 23.8 Å². The van der Waals surface area contributed by atoms with Crippen molar-refractivity contribution < 1.29 is 4.79 Å². The predicted molar refractivity (Wildman–Crippen MR) is 93.8 cm³/mol. The topological polar surface area (TPSA) is 71.8 Å². The van der Waals surface area contributed by atoms with Gasteiger partial charge < -0.3 is 10.6 Å². The lowest BCUT2D eigenvalue weighted by Crippen LogP contribution is -2.37. The number of likely N-dealkylation sites (N-methyl/N-ethyl adjacent to an activating group) is 1. The van der Waals surface area contributed by atoms with E-state index in [9.17, 15) is 4.79 Å². The lowest BCUT2D eigenvalue weighted by Gasteiger charge is -2.09. The van der Waals surface area contributed by atoms with Crippen molar-refractivity contribution in [3.05, 3.63) is 40.9 Å². The first kappa shape index (κ1) is 19.4. The molecule has 8 heteroatoms. The number of carbonyl (C=O) groups is 1. The number of hydrogen-bond acceptors (Lipinski definition) is 4. The van der Waals surface area contributed by atoms with Crippen molar-refractivity contribution in [1.82, 2.24) is 25.4 Å². The molecule has 6 nitrogen and oxygen atoms in total. The Kier molecular flexibility index (Phi) is 7.48. The molecule has 0 bridgehead atoms. The Labute approximate surface area is 147 Å². The van der Waals surface area contributed by atoms with Gasteiger partial charge in [0.25, 0.3) is 5.91 Å². The van der Waals surface area contributed by atoms with Crippen LogP contribution in [0.5, 0.6) is 0 Å². The largest absolute Gasteiger partial charge is 0.348 e. The number of nitrogens with zero attached hydrogens (tertiary/aromatic N) is 3. The number of carbonyl (C=O) groups excluding carboxylic acids is 1. The van der Waals surface area contributed by atoms with E-state index in [1.807, 2.05) is 39.1 Å². The fourth-order valence-electron chi connectivity index (χ4n) is 1.91. The van der Waals surface area contributed by atoms with E-state index < -0.39 is 0 Å². The molecule has 0 aliphatic heterocycles. The van der Waals surface area contributed by atoms with Crippen LogP contribution in [0, 0.1) is 0 Å². The van der Waals surface area contributed by atoms with Crippen molar-refractivity contribution in [2.24, 2.45) is 0 Å². The first-order valence-corrected chi connectivity index (χ1v) is 7.60. The smallest absolute Gasteiger partial charge is 0.291 e. The highest BCUT2D eigenvalue weighted by molar-refractivity contribution is 6.32. The van der Waals surface area contributed by atoms with E-state index in [1.165, 1.54) is 0 Å². The summed E-state index contributed by atoms with van der Waals surface area (Å²) in [6, 6.07) is 7.53. The third kappa shape index (κ3) is 4.67. The van der Waals surface area contributed by atoms with E-state index in [2.05, 4.69) is 20.7 Å². The normalized spacial score (nSPS) is 11.7. The van der Waals surface area contributed by atoms with Crippen molar-refractivity contribution in [3.63, 3.8) is 0 Å². The van der Waals surface area contributed by atoms with Gasteiger partial charge in [-0.2, -0.15) is 0 Å². The summed E-state index contributed by atoms with van der Waals surface area (Å²) in [6.45, 7) is 4.45. The molecule has 126 valence electrons. The number of para-hydroxylation sites is 1. The molecule has 0 saturated carbocycles. The van der Waals surface area contributed by atoms with Gasteiger partial charge in [0.2, 0.25) is 5.82 Å². The predicted octanol–water partition coefficient (Wildman–Crippen LogP) is 2.24. The molecule has 2 N–H and O–H groups in total. The molecule has 0 fully saturated rings. The van der Waals surface area contributed by atoms with Crippen molar-refractivity contribution in [2.45, 2.75) is 26.3 Å². The molecule has 1 heterocycles. The lowest BCUT2D eigenvalue weighted by molar-refractivity contribution is 0.0940. The summed E-state index contributed by atoms with van der Waals surface area (Å²) >= 11 is 6.20. The molecule has 23 heavy (non-hydrogen) atoms. The SMILES string of the molecule is CCc1nc(C(=O)NCC(C)NC)nn1-c1ccccc1Cl.Cl. The molecule has 1 atom stereocenters. The number of halogens is 2. The van der Waals surface area contributed by atoms with Crippen molar-refractivity contribution in [1.29, 1.82) is 0 Å². The first-order chi connectivity index (χ1) is 10.6. The number of rotatable bonds is 6. The zero-order valence-electron chi connectivity index (χ0n) is 13.3. The molecule has 2 rings (SSSR count). The molecule has 1 amide bonds. The highest BCUT2D eigenvalue weighted by atomic mass is 35.5. The molecule has 0 aliphatic carbocycles. The minimum Gasteiger partial charge on any atom is -0.348 e. The number of aryl methyl sites for hydroxylation is 1. The molecule has 0 spiro atoms. The van der Waals surface area contributed by atoms with Gasteiger partial charge in [0.15, 0.2) is 0 Å². The first-order valence-electron chi connectivity index (χ1n) is 7.23. The van der Waals surface area contributed by atoms with Crippen LogP contribution in [-0.4, -0.2) is 40.3 Å². The van der Waals surface area contributed by atoms with Gasteiger partial charge >= 0.3 is 0 Å². The molecule has 2 aromatic rings. The van der Waals surface area contributed by atoms with Gasteiger partial charge in [-0.25, -0.2) is 9.67 Å². The zero-order valence-corrected chi connectivity index (χ0v) is 14.9. The van der Waals surface area contributed by atoms with E-state index in [-0.39, 0.29) is 30.2 Å². The second-order valence-electron chi connectivity index (χ2n) is 4.97. The van der Waals surface area contributed by atoms with Gasteiger partial charge in [-0.1, -0.05) is 30.7 Å². The van der Waals surface area contributed by atoms with Crippen LogP contribution in [0.4, 0.5) is 0 Å². The van der Waals surface area contributed by atoms with Gasteiger partial charge in [0.1, 0.15) is 5.82 Å². The average molecular weight is 358 g/mol. The van der Waals surface area contributed by atoms with Gasteiger partial charge in [-0.05, 0) is 26.1 Å². The van der Waals surface area contributed by atoms with E-state index in [0.717, 1.165) is 5.69 Å². The van der Waals surface area contributed by atoms with Gasteiger partial charge in [0, 0.05) is 19.0 Å². The Morgan fingerprint density at radius 1 is 1.39 bits per heavy atom. The van der Waals surface area contributed by atoms with E-state index in [1.54, 1.807) is 10.7 Å². The molecule has 1 aromatic carbocycles. The summed E-state index contributed by atoms with van der Waals surface area (Å²) < 4.78 is 1.62. The van der Waals surface area contributed by atoms with Crippen molar-refractivity contribution >= 4 is 29.9 Å². The Bertz CT molecular complexity index is 659. The standard InChI is InChI=1S/C15H20ClN5O.ClH/c1-4-13-19-14(15(22)18-9-10(2)17-3)20-21(13)12-8-6-5-7-11(12)16;/h5-8,10,17H,4,9H2,1-3H3,(H,18,22);1H. The van der Waals surface area contributed by atoms with Crippen LogP contribution in [-0.2, 0) is 6.42 Å². The lowest BCUT2D eigenvalue weighted by atomic mass is 10.3. The zero-order chi connectivity index (χ0) is 16.1. The number of benzene rings is 1. The van der Waals surface area contributed by atoms with Crippen LogP contribution >= 0.6 is 24.0 Å².